The molecule has 0 saturated carbocycles. The Morgan fingerprint density at radius 2 is 1.95 bits per heavy atom. The average Bonchev–Trinajstić information content (AvgIpc) is 2.43. The van der Waals surface area contributed by atoms with Gasteiger partial charge in [-0.25, -0.2) is 4.39 Å². The van der Waals surface area contributed by atoms with Crippen LogP contribution in [0, 0.1) is 12.7 Å². The zero-order chi connectivity index (χ0) is 14.5. The Bertz CT molecular complexity index is 583. The Hall–Kier alpha value is -1.19. The van der Waals surface area contributed by atoms with Crippen molar-refractivity contribution in [2.75, 3.05) is 6.54 Å². The van der Waals surface area contributed by atoms with Gasteiger partial charge in [-0.2, -0.15) is 0 Å². The fourth-order valence-corrected chi connectivity index (χ4v) is 2.84. The number of hydrogen-bond acceptors (Lipinski definition) is 1. The lowest BCUT2D eigenvalue weighted by Gasteiger charge is -2.21. The van der Waals surface area contributed by atoms with Crippen LogP contribution in [0.2, 0.25) is 0 Å². The third-order valence-corrected chi connectivity index (χ3v) is 3.94. The van der Waals surface area contributed by atoms with Crippen molar-refractivity contribution in [3.8, 4) is 0 Å². The predicted molar refractivity (Wildman–Crippen MR) is 85.4 cm³/mol. The van der Waals surface area contributed by atoms with Crippen molar-refractivity contribution in [2.45, 2.75) is 26.3 Å². The second-order valence-electron chi connectivity index (χ2n) is 4.91. The van der Waals surface area contributed by atoms with Crippen molar-refractivity contribution < 1.29 is 4.39 Å². The molecule has 0 bridgehead atoms. The maximum Gasteiger partial charge on any atom is 0.126 e. The van der Waals surface area contributed by atoms with E-state index >= 15 is 0 Å². The minimum Gasteiger partial charge on any atom is -0.310 e. The van der Waals surface area contributed by atoms with E-state index in [4.69, 9.17) is 0 Å². The Balaban J connectivity index is 2.30. The summed E-state index contributed by atoms with van der Waals surface area (Å²) < 4.78 is 14.8. The summed E-state index contributed by atoms with van der Waals surface area (Å²) in [6, 6.07) is 13.5. The van der Waals surface area contributed by atoms with Gasteiger partial charge in [0.2, 0.25) is 0 Å². The van der Waals surface area contributed by atoms with Crippen LogP contribution >= 0.6 is 15.9 Å². The molecule has 0 aliphatic rings. The number of rotatable bonds is 5. The summed E-state index contributed by atoms with van der Waals surface area (Å²) in [4.78, 5) is 0. The standard InChI is InChI=1S/C17H19BrFN/c1-3-20-17(15-7-5-4-6-12(15)2)11-13-10-14(18)8-9-16(13)19/h4-10,17,20H,3,11H2,1-2H3. The monoisotopic (exact) mass is 335 g/mol. The normalized spacial score (nSPS) is 12.4. The zero-order valence-electron chi connectivity index (χ0n) is 11.8. The summed E-state index contributed by atoms with van der Waals surface area (Å²) in [5.74, 6) is -0.148. The van der Waals surface area contributed by atoms with Crippen molar-refractivity contribution >= 4 is 15.9 Å². The lowest BCUT2D eigenvalue weighted by molar-refractivity contribution is 0.526. The van der Waals surface area contributed by atoms with Crippen molar-refractivity contribution in [1.82, 2.24) is 5.32 Å². The van der Waals surface area contributed by atoms with Crippen LogP contribution in [-0.2, 0) is 6.42 Å². The maximum absolute atomic E-state index is 13.9. The molecule has 0 saturated heterocycles. The average molecular weight is 336 g/mol. The highest BCUT2D eigenvalue weighted by Gasteiger charge is 2.15. The van der Waals surface area contributed by atoms with E-state index in [1.165, 1.54) is 17.2 Å². The topological polar surface area (TPSA) is 12.0 Å². The SMILES string of the molecule is CCNC(Cc1cc(Br)ccc1F)c1ccccc1C. The minimum absolute atomic E-state index is 0.130. The van der Waals surface area contributed by atoms with Crippen LogP contribution in [-0.4, -0.2) is 6.54 Å². The van der Waals surface area contributed by atoms with E-state index in [0.717, 1.165) is 16.6 Å². The van der Waals surface area contributed by atoms with Crippen LogP contribution < -0.4 is 5.32 Å². The van der Waals surface area contributed by atoms with Crippen LogP contribution in [0.3, 0.4) is 0 Å². The van der Waals surface area contributed by atoms with E-state index in [0.29, 0.717) is 6.42 Å². The molecule has 0 spiro atoms. The first-order valence-electron chi connectivity index (χ1n) is 6.84. The molecular formula is C17H19BrFN. The predicted octanol–water partition coefficient (Wildman–Crippen LogP) is 4.79. The highest BCUT2D eigenvalue weighted by Crippen LogP contribution is 2.24. The molecule has 0 amide bonds. The Morgan fingerprint density at radius 1 is 1.20 bits per heavy atom. The van der Waals surface area contributed by atoms with Gasteiger partial charge in [0.15, 0.2) is 0 Å². The molecule has 106 valence electrons. The zero-order valence-corrected chi connectivity index (χ0v) is 13.4. The molecule has 1 N–H and O–H groups in total. The quantitative estimate of drug-likeness (QED) is 0.828. The molecule has 0 heterocycles. The van der Waals surface area contributed by atoms with Gasteiger partial charge >= 0.3 is 0 Å². The molecule has 2 rings (SSSR count). The summed E-state index contributed by atoms with van der Waals surface area (Å²) in [7, 11) is 0. The van der Waals surface area contributed by atoms with Crippen LogP contribution in [0.1, 0.15) is 29.7 Å². The van der Waals surface area contributed by atoms with Gasteiger partial charge in [-0.05, 0) is 54.8 Å². The molecule has 2 aromatic carbocycles. The van der Waals surface area contributed by atoms with Crippen LogP contribution in [0.5, 0.6) is 0 Å². The number of benzene rings is 2. The van der Waals surface area contributed by atoms with E-state index < -0.39 is 0 Å². The number of hydrogen-bond donors (Lipinski definition) is 1. The smallest absolute Gasteiger partial charge is 0.126 e. The van der Waals surface area contributed by atoms with Gasteiger partial charge in [0, 0.05) is 10.5 Å². The molecule has 2 aromatic rings. The third-order valence-electron chi connectivity index (χ3n) is 3.45. The van der Waals surface area contributed by atoms with E-state index in [1.54, 1.807) is 6.07 Å². The van der Waals surface area contributed by atoms with E-state index in [9.17, 15) is 4.39 Å². The molecule has 1 atom stereocenters. The van der Waals surface area contributed by atoms with Crippen LogP contribution in [0.4, 0.5) is 4.39 Å². The Morgan fingerprint density at radius 3 is 2.65 bits per heavy atom. The molecule has 0 aromatic heterocycles. The molecule has 0 aliphatic heterocycles. The Labute approximate surface area is 128 Å². The summed E-state index contributed by atoms with van der Waals surface area (Å²) >= 11 is 3.41. The largest absolute Gasteiger partial charge is 0.310 e. The summed E-state index contributed by atoms with van der Waals surface area (Å²) in [5.41, 5.74) is 3.19. The fourth-order valence-electron chi connectivity index (χ4n) is 2.44. The number of aryl methyl sites for hydroxylation is 1. The van der Waals surface area contributed by atoms with Gasteiger partial charge in [-0.15, -0.1) is 0 Å². The first kappa shape index (κ1) is 15.2. The second kappa shape index (κ2) is 7.00. The first-order valence-corrected chi connectivity index (χ1v) is 7.64. The van der Waals surface area contributed by atoms with E-state index in [2.05, 4.69) is 47.2 Å². The van der Waals surface area contributed by atoms with Gasteiger partial charge in [-0.1, -0.05) is 47.1 Å². The van der Waals surface area contributed by atoms with Crippen molar-refractivity contribution in [1.29, 1.82) is 0 Å². The summed E-state index contributed by atoms with van der Waals surface area (Å²) in [5, 5.41) is 3.45. The highest BCUT2D eigenvalue weighted by atomic mass is 79.9. The Kier molecular flexibility index (Phi) is 5.32. The lowest BCUT2D eigenvalue weighted by Crippen LogP contribution is -2.24. The second-order valence-corrected chi connectivity index (χ2v) is 5.82. The van der Waals surface area contributed by atoms with Crippen molar-refractivity contribution in [3.05, 3.63) is 69.4 Å². The van der Waals surface area contributed by atoms with Crippen molar-refractivity contribution in [2.24, 2.45) is 0 Å². The summed E-state index contributed by atoms with van der Waals surface area (Å²) in [6.07, 6.45) is 0.643. The molecule has 20 heavy (non-hydrogen) atoms. The maximum atomic E-state index is 13.9. The molecule has 1 nitrogen and oxygen atoms in total. The third kappa shape index (κ3) is 3.68. The molecule has 1 unspecified atom stereocenters. The van der Waals surface area contributed by atoms with E-state index in [1.807, 2.05) is 18.2 Å². The molecule has 0 radical (unpaired) electrons. The minimum atomic E-state index is -0.148. The molecule has 3 heteroatoms. The van der Waals surface area contributed by atoms with Crippen LogP contribution in [0.15, 0.2) is 46.9 Å². The van der Waals surface area contributed by atoms with Gasteiger partial charge in [-0.3, -0.25) is 0 Å². The lowest BCUT2D eigenvalue weighted by atomic mass is 9.95. The number of halogens is 2. The number of likely N-dealkylation sites (N-methyl/N-ethyl adjacent to an activating group) is 1. The van der Waals surface area contributed by atoms with Gasteiger partial charge < -0.3 is 5.32 Å². The van der Waals surface area contributed by atoms with E-state index in [-0.39, 0.29) is 11.9 Å². The van der Waals surface area contributed by atoms with Gasteiger partial charge in [0.25, 0.3) is 0 Å². The molecule has 0 fully saturated rings. The summed E-state index contributed by atoms with van der Waals surface area (Å²) in [6.45, 7) is 5.02. The van der Waals surface area contributed by atoms with Gasteiger partial charge in [0.1, 0.15) is 5.82 Å². The molecular weight excluding hydrogens is 317 g/mol. The fraction of sp³-hybridized carbons (Fsp3) is 0.294. The van der Waals surface area contributed by atoms with Gasteiger partial charge in [0.05, 0.1) is 0 Å². The van der Waals surface area contributed by atoms with Crippen molar-refractivity contribution in [3.63, 3.8) is 0 Å². The van der Waals surface area contributed by atoms with Crippen LogP contribution in [0.25, 0.3) is 0 Å². The number of nitrogens with one attached hydrogen (secondary N) is 1. The first-order chi connectivity index (χ1) is 9.61. The molecule has 0 aliphatic carbocycles. The highest BCUT2D eigenvalue weighted by molar-refractivity contribution is 9.10.